The van der Waals surface area contributed by atoms with Crippen LogP contribution in [0.3, 0.4) is 0 Å². The second-order valence-corrected chi connectivity index (χ2v) is 8.06. The Morgan fingerprint density at radius 3 is 2.70 bits per heavy atom. The molecular weight excluding hydrogens is 425 g/mol. The lowest BCUT2D eigenvalue weighted by Gasteiger charge is -2.27. The van der Waals surface area contributed by atoms with Crippen molar-refractivity contribution in [2.75, 3.05) is 52.3 Å². The van der Waals surface area contributed by atoms with Crippen molar-refractivity contribution in [3.8, 4) is 11.5 Å². The van der Waals surface area contributed by atoms with Gasteiger partial charge in [-0.25, -0.2) is 9.37 Å². The van der Waals surface area contributed by atoms with E-state index in [2.05, 4.69) is 15.6 Å². The first-order chi connectivity index (χ1) is 16.1. The van der Waals surface area contributed by atoms with E-state index in [0.717, 1.165) is 25.9 Å². The highest BCUT2D eigenvalue weighted by molar-refractivity contribution is 5.83. The summed E-state index contributed by atoms with van der Waals surface area (Å²) in [6.45, 7) is 2.83. The number of halogens is 1. The van der Waals surface area contributed by atoms with Crippen molar-refractivity contribution in [1.82, 2.24) is 20.2 Å². The Kier molecular flexibility index (Phi) is 7.10. The van der Waals surface area contributed by atoms with Crippen LogP contribution in [0.4, 0.5) is 15.8 Å². The fraction of sp³-hybridized carbons (Fsp3) is 0.417. The topological polar surface area (TPSA) is 80.7 Å². The molecule has 0 spiro atoms. The van der Waals surface area contributed by atoms with Crippen LogP contribution >= 0.6 is 0 Å². The maximum atomic E-state index is 15.3. The number of aromatic nitrogens is 2. The molecule has 1 aromatic heterocycles. The van der Waals surface area contributed by atoms with Crippen molar-refractivity contribution in [2.24, 2.45) is 0 Å². The van der Waals surface area contributed by atoms with Crippen molar-refractivity contribution in [3.05, 3.63) is 52.8 Å². The number of hydrogen-bond donors (Lipinski definition) is 2. The maximum Gasteiger partial charge on any atom is 0.261 e. The Morgan fingerprint density at radius 1 is 1.21 bits per heavy atom. The number of nitrogens with one attached hydrogen (secondary N) is 2. The summed E-state index contributed by atoms with van der Waals surface area (Å²) < 4.78 is 27.6. The molecule has 2 N–H and O–H groups in total. The van der Waals surface area contributed by atoms with Gasteiger partial charge < -0.3 is 25.0 Å². The summed E-state index contributed by atoms with van der Waals surface area (Å²) >= 11 is 0. The molecule has 1 aliphatic heterocycles. The molecule has 2 aromatic carbocycles. The number of rotatable bonds is 8. The number of nitrogens with zero attached hydrogens (tertiary/aromatic N) is 3. The van der Waals surface area contributed by atoms with Crippen LogP contribution in [0.15, 0.2) is 41.5 Å². The predicted octanol–water partition coefficient (Wildman–Crippen LogP) is 2.83. The van der Waals surface area contributed by atoms with Crippen LogP contribution in [0.25, 0.3) is 10.9 Å². The Labute approximate surface area is 192 Å². The highest BCUT2D eigenvalue weighted by Crippen LogP contribution is 2.37. The van der Waals surface area contributed by atoms with Crippen molar-refractivity contribution >= 4 is 22.3 Å². The van der Waals surface area contributed by atoms with E-state index in [1.807, 2.05) is 18.0 Å². The Hall–Kier alpha value is -3.17. The fourth-order valence-corrected chi connectivity index (χ4v) is 4.27. The standard InChI is InChI=1S/C24H30FN5O3/c1-26-10-11-29(21-13-18(32-2)14-22(33-3)23(21)25)17-4-5-20-19(12-17)24(31)30(15-28-20)16-6-8-27-9-7-16/h4-5,12-16,26-27H,6-11H2,1-3H3. The summed E-state index contributed by atoms with van der Waals surface area (Å²) in [5.41, 5.74) is 1.54. The number of likely N-dealkylation sites (N-methyl/N-ethyl adjacent to an activating group) is 1. The van der Waals surface area contributed by atoms with Gasteiger partial charge in [-0.3, -0.25) is 9.36 Å². The number of benzene rings is 2. The smallest absolute Gasteiger partial charge is 0.261 e. The molecule has 0 amide bonds. The molecule has 33 heavy (non-hydrogen) atoms. The van der Waals surface area contributed by atoms with Crippen molar-refractivity contribution in [1.29, 1.82) is 0 Å². The van der Waals surface area contributed by atoms with E-state index in [9.17, 15) is 4.79 Å². The van der Waals surface area contributed by atoms with Gasteiger partial charge >= 0.3 is 0 Å². The molecule has 0 unspecified atom stereocenters. The van der Waals surface area contributed by atoms with Gasteiger partial charge in [0, 0.05) is 37.0 Å². The van der Waals surface area contributed by atoms with Gasteiger partial charge in [-0.2, -0.15) is 0 Å². The van der Waals surface area contributed by atoms with Gasteiger partial charge in [0.15, 0.2) is 11.6 Å². The third-order valence-corrected chi connectivity index (χ3v) is 6.11. The first kappa shape index (κ1) is 23.0. The van der Waals surface area contributed by atoms with Crippen LogP contribution in [0, 0.1) is 5.82 Å². The number of piperidine rings is 1. The van der Waals surface area contributed by atoms with Crippen molar-refractivity contribution < 1.29 is 13.9 Å². The zero-order chi connectivity index (χ0) is 23.4. The quantitative estimate of drug-likeness (QED) is 0.541. The number of fused-ring (bicyclic) bond motifs is 1. The number of anilines is 2. The van der Waals surface area contributed by atoms with Crippen LogP contribution in [-0.2, 0) is 0 Å². The van der Waals surface area contributed by atoms with Gasteiger partial charge in [-0.1, -0.05) is 0 Å². The van der Waals surface area contributed by atoms with E-state index < -0.39 is 5.82 Å². The lowest BCUT2D eigenvalue weighted by atomic mass is 10.1. The van der Waals surface area contributed by atoms with Crippen LogP contribution in [0.5, 0.6) is 11.5 Å². The molecule has 2 heterocycles. The van der Waals surface area contributed by atoms with Gasteiger partial charge in [-0.15, -0.1) is 0 Å². The minimum Gasteiger partial charge on any atom is -0.497 e. The summed E-state index contributed by atoms with van der Waals surface area (Å²) in [5.74, 6) is 0.0794. The van der Waals surface area contributed by atoms with Gasteiger partial charge in [0.2, 0.25) is 0 Å². The van der Waals surface area contributed by atoms with Crippen LogP contribution in [0.1, 0.15) is 18.9 Å². The molecule has 0 saturated carbocycles. The van der Waals surface area contributed by atoms with E-state index in [1.165, 1.54) is 20.3 Å². The second-order valence-electron chi connectivity index (χ2n) is 8.06. The lowest BCUT2D eigenvalue weighted by Crippen LogP contribution is -2.34. The summed E-state index contributed by atoms with van der Waals surface area (Å²) in [5, 5.41) is 6.94. The van der Waals surface area contributed by atoms with Crippen LogP contribution in [-0.4, -0.2) is 57.0 Å². The largest absolute Gasteiger partial charge is 0.497 e. The van der Waals surface area contributed by atoms with Crippen LogP contribution < -0.4 is 30.6 Å². The van der Waals surface area contributed by atoms with E-state index in [0.29, 0.717) is 41.1 Å². The molecule has 176 valence electrons. The third-order valence-electron chi connectivity index (χ3n) is 6.11. The molecule has 1 aliphatic rings. The third kappa shape index (κ3) is 4.65. The Morgan fingerprint density at radius 2 is 2.00 bits per heavy atom. The summed E-state index contributed by atoms with van der Waals surface area (Å²) in [4.78, 5) is 19.7. The van der Waals surface area contributed by atoms with E-state index in [1.54, 1.807) is 29.1 Å². The minimum absolute atomic E-state index is 0.0778. The van der Waals surface area contributed by atoms with Gasteiger partial charge in [0.25, 0.3) is 5.56 Å². The van der Waals surface area contributed by atoms with E-state index in [4.69, 9.17) is 9.47 Å². The normalized spacial score (nSPS) is 14.4. The summed E-state index contributed by atoms with van der Waals surface area (Å²) in [6.07, 6.45) is 3.41. The minimum atomic E-state index is -0.493. The summed E-state index contributed by atoms with van der Waals surface area (Å²) in [6, 6.07) is 8.72. The number of methoxy groups -OCH3 is 2. The number of hydrogen-bond acceptors (Lipinski definition) is 7. The molecular formula is C24H30FN5O3. The van der Waals surface area contributed by atoms with Gasteiger partial charge in [0.1, 0.15) is 5.75 Å². The zero-order valence-electron chi connectivity index (χ0n) is 19.2. The fourth-order valence-electron chi connectivity index (χ4n) is 4.27. The van der Waals surface area contributed by atoms with Gasteiger partial charge in [-0.05, 0) is 51.2 Å². The van der Waals surface area contributed by atoms with E-state index in [-0.39, 0.29) is 17.4 Å². The Bertz CT molecular complexity index is 1180. The average Bonchev–Trinajstić information content (AvgIpc) is 2.86. The van der Waals surface area contributed by atoms with E-state index >= 15 is 4.39 Å². The first-order valence-corrected chi connectivity index (χ1v) is 11.1. The molecule has 0 aliphatic carbocycles. The highest BCUT2D eigenvalue weighted by Gasteiger charge is 2.21. The SMILES string of the molecule is CNCCN(c1ccc2ncn(C3CCNCC3)c(=O)c2c1)c1cc(OC)cc(OC)c1F. The molecule has 9 heteroatoms. The average molecular weight is 456 g/mol. The van der Waals surface area contributed by atoms with Gasteiger partial charge in [0.05, 0.1) is 37.1 Å². The molecule has 8 nitrogen and oxygen atoms in total. The highest BCUT2D eigenvalue weighted by atomic mass is 19.1. The molecule has 0 radical (unpaired) electrons. The first-order valence-electron chi connectivity index (χ1n) is 11.1. The van der Waals surface area contributed by atoms with Crippen molar-refractivity contribution in [3.63, 3.8) is 0 Å². The second kappa shape index (κ2) is 10.2. The zero-order valence-corrected chi connectivity index (χ0v) is 19.2. The molecule has 4 rings (SSSR count). The number of ether oxygens (including phenoxy) is 2. The summed E-state index contributed by atoms with van der Waals surface area (Å²) in [7, 11) is 4.78. The Balaban J connectivity index is 1.83. The monoisotopic (exact) mass is 455 g/mol. The maximum absolute atomic E-state index is 15.3. The lowest BCUT2D eigenvalue weighted by molar-refractivity contribution is 0.359. The van der Waals surface area contributed by atoms with Crippen LogP contribution in [0.2, 0.25) is 0 Å². The molecule has 3 aromatic rings. The molecule has 1 saturated heterocycles. The molecule has 0 bridgehead atoms. The molecule has 0 atom stereocenters. The molecule has 1 fully saturated rings. The van der Waals surface area contributed by atoms with Crippen molar-refractivity contribution in [2.45, 2.75) is 18.9 Å². The predicted molar refractivity (Wildman–Crippen MR) is 128 cm³/mol.